The van der Waals surface area contributed by atoms with E-state index < -0.39 is 0 Å². The summed E-state index contributed by atoms with van der Waals surface area (Å²) >= 11 is 0. The summed E-state index contributed by atoms with van der Waals surface area (Å²) in [5.74, 6) is -0.165. The number of H-pyrrole nitrogens is 1. The molecule has 1 atom stereocenters. The zero-order valence-corrected chi connectivity index (χ0v) is 15.7. The number of ether oxygens (including phenoxy) is 1. The third-order valence-electron chi connectivity index (χ3n) is 5.75. The molecule has 1 saturated heterocycles. The van der Waals surface area contributed by atoms with Gasteiger partial charge in [0.1, 0.15) is 5.82 Å². The van der Waals surface area contributed by atoms with Gasteiger partial charge < -0.3 is 25.7 Å². The monoisotopic (exact) mass is 360 g/mol. The van der Waals surface area contributed by atoms with Gasteiger partial charge in [-0.25, -0.2) is 4.39 Å². The van der Waals surface area contributed by atoms with Gasteiger partial charge in [-0.1, -0.05) is 0 Å². The quantitative estimate of drug-likeness (QED) is 0.693. The zero-order valence-electron chi connectivity index (χ0n) is 15.7. The van der Waals surface area contributed by atoms with Crippen molar-refractivity contribution in [3.8, 4) is 0 Å². The Morgan fingerprint density at radius 3 is 2.85 bits per heavy atom. The first-order chi connectivity index (χ1) is 12.6. The lowest BCUT2D eigenvalue weighted by Gasteiger charge is -2.36. The fraction of sp³-hybridized carbons (Fsp3) is 0.600. The summed E-state index contributed by atoms with van der Waals surface area (Å²) in [6, 6.07) is 2.74. The summed E-state index contributed by atoms with van der Waals surface area (Å²) < 4.78 is 20.6. The first kappa shape index (κ1) is 17.8. The molecule has 1 saturated carbocycles. The Balaban J connectivity index is 1.72. The van der Waals surface area contributed by atoms with E-state index in [4.69, 9.17) is 10.5 Å². The molecule has 2 heterocycles. The Bertz CT molecular complexity index is 799. The SMILES string of the molecule is Cc1[nH]c2c(COCN)cc(F)c(N3CCC[C@H](NC4CC4)C3)c2c1C. The minimum Gasteiger partial charge on any atom is -0.367 e. The average molecular weight is 360 g/mol. The van der Waals surface area contributed by atoms with Crippen LogP contribution in [0.1, 0.15) is 42.5 Å². The number of benzene rings is 1. The minimum absolute atomic E-state index is 0.129. The highest BCUT2D eigenvalue weighted by Gasteiger charge is 2.30. The summed E-state index contributed by atoms with van der Waals surface area (Å²) in [6.07, 6.45) is 4.82. The van der Waals surface area contributed by atoms with Crippen molar-refractivity contribution in [1.29, 1.82) is 0 Å². The van der Waals surface area contributed by atoms with Crippen LogP contribution in [0.25, 0.3) is 10.9 Å². The second kappa shape index (κ2) is 7.18. The second-order valence-corrected chi connectivity index (χ2v) is 7.73. The number of anilines is 1. The van der Waals surface area contributed by atoms with Gasteiger partial charge in [0.15, 0.2) is 0 Å². The highest BCUT2D eigenvalue weighted by atomic mass is 19.1. The number of aromatic nitrogens is 1. The largest absolute Gasteiger partial charge is 0.367 e. The Morgan fingerprint density at radius 1 is 1.31 bits per heavy atom. The molecule has 1 aliphatic carbocycles. The molecule has 0 bridgehead atoms. The van der Waals surface area contributed by atoms with Crippen molar-refractivity contribution in [3.63, 3.8) is 0 Å². The maximum atomic E-state index is 15.2. The molecule has 1 aliphatic heterocycles. The normalized spacial score (nSPS) is 20.9. The predicted molar refractivity (Wildman–Crippen MR) is 103 cm³/mol. The fourth-order valence-corrected chi connectivity index (χ4v) is 4.16. The van der Waals surface area contributed by atoms with Gasteiger partial charge in [0.05, 0.1) is 24.5 Å². The highest BCUT2D eigenvalue weighted by Crippen LogP contribution is 2.37. The van der Waals surface area contributed by atoms with E-state index in [-0.39, 0.29) is 12.5 Å². The molecule has 4 rings (SSSR count). The van der Waals surface area contributed by atoms with E-state index in [2.05, 4.69) is 22.1 Å². The summed E-state index contributed by atoms with van der Waals surface area (Å²) in [4.78, 5) is 5.67. The predicted octanol–water partition coefficient (Wildman–Crippen LogP) is 3.08. The van der Waals surface area contributed by atoms with Gasteiger partial charge in [0, 0.05) is 41.8 Å². The summed E-state index contributed by atoms with van der Waals surface area (Å²) in [5, 5.41) is 4.70. The Kier molecular flexibility index (Phi) is 4.90. The van der Waals surface area contributed by atoms with Crippen LogP contribution in [-0.2, 0) is 11.3 Å². The molecule has 4 N–H and O–H groups in total. The number of rotatable bonds is 6. The molecule has 1 aromatic heterocycles. The van der Waals surface area contributed by atoms with Gasteiger partial charge in [-0.15, -0.1) is 0 Å². The second-order valence-electron chi connectivity index (χ2n) is 7.73. The fourth-order valence-electron chi connectivity index (χ4n) is 4.16. The van der Waals surface area contributed by atoms with Crippen molar-refractivity contribution in [3.05, 3.63) is 28.7 Å². The van der Waals surface area contributed by atoms with Crippen LogP contribution in [0.3, 0.4) is 0 Å². The number of halogens is 1. The first-order valence-electron chi connectivity index (χ1n) is 9.67. The maximum Gasteiger partial charge on any atom is 0.147 e. The molecule has 0 radical (unpaired) electrons. The van der Waals surface area contributed by atoms with Crippen LogP contribution in [-0.4, -0.2) is 36.9 Å². The summed E-state index contributed by atoms with van der Waals surface area (Å²) in [7, 11) is 0. The van der Waals surface area contributed by atoms with Crippen LogP contribution in [0.5, 0.6) is 0 Å². The number of aryl methyl sites for hydroxylation is 2. The van der Waals surface area contributed by atoms with Crippen LogP contribution in [0.2, 0.25) is 0 Å². The Hall–Kier alpha value is -1.63. The molecule has 26 heavy (non-hydrogen) atoms. The van der Waals surface area contributed by atoms with Crippen LogP contribution in [0, 0.1) is 19.7 Å². The molecule has 2 aliphatic rings. The van der Waals surface area contributed by atoms with Crippen LogP contribution < -0.4 is 16.0 Å². The number of piperidine rings is 1. The lowest BCUT2D eigenvalue weighted by Crippen LogP contribution is -2.46. The number of nitrogens with two attached hydrogens (primary N) is 1. The van der Waals surface area contributed by atoms with E-state index in [1.54, 1.807) is 6.07 Å². The number of aromatic amines is 1. The van der Waals surface area contributed by atoms with Gasteiger partial charge in [0.2, 0.25) is 0 Å². The average Bonchev–Trinajstić information content (AvgIpc) is 3.39. The van der Waals surface area contributed by atoms with Gasteiger partial charge in [-0.05, 0) is 51.2 Å². The van der Waals surface area contributed by atoms with Gasteiger partial charge in [-0.2, -0.15) is 0 Å². The maximum absolute atomic E-state index is 15.2. The molecule has 0 unspecified atom stereocenters. The number of nitrogens with zero attached hydrogens (tertiary/aromatic N) is 1. The Labute approximate surface area is 154 Å². The smallest absolute Gasteiger partial charge is 0.147 e. The van der Waals surface area contributed by atoms with E-state index in [0.717, 1.165) is 52.9 Å². The lowest BCUT2D eigenvalue weighted by atomic mass is 10.0. The molecule has 2 aromatic rings. The molecule has 142 valence electrons. The van der Waals surface area contributed by atoms with E-state index >= 15 is 4.39 Å². The number of hydrogen-bond donors (Lipinski definition) is 3. The number of nitrogens with one attached hydrogen (secondary N) is 2. The number of hydrogen-bond acceptors (Lipinski definition) is 4. The first-order valence-corrected chi connectivity index (χ1v) is 9.67. The molecule has 1 aromatic carbocycles. The molecule has 0 spiro atoms. The third-order valence-corrected chi connectivity index (χ3v) is 5.75. The van der Waals surface area contributed by atoms with Crippen molar-refractivity contribution >= 4 is 16.6 Å². The molecule has 0 amide bonds. The summed E-state index contributed by atoms with van der Waals surface area (Å²) in [5.41, 5.74) is 10.2. The zero-order chi connectivity index (χ0) is 18.3. The van der Waals surface area contributed by atoms with E-state index in [9.17, 15) is 0 Å². The van der Waals surface area contributed by atoms with Crippen LogP contribution in [0.15, 0.2) is 6.07 Å². The van der Waals surface area contributed by atoms with Crippen LogP contribution in [0.4, 0.5) is 10.1 Å². The molecule has 6 heteroatoms. The molecule has 2 fully saturated rings. The lowest BCUT2D eigenvalue weighted by molar-refractivity contribution is 0.128. The van der Waals surface area contributed by atoms with Crippen molar-refractivity contribution < 1.29 is 9.13 Å². The molecular formula is C20H29FN4O. The van der Waals surface area contributed by atoms with Crippen LogP contribution >= 0.6 is 0 Å². The topological polar surface area (TPSA) is 66.3 Å². The van der Waals surface area contributed by atoms with Crippen molar-refractivity contribution in [1.82, 2.24) is 10.3 Å². The van der Waals surface area contributed by atoms with Crippen molar-refractivity contribution in [2.75, 3.05) is 24.7 Å². The third kappa shape index (κ3) is 3.33. The van der Waals surface area contributed by atoms with E-state index in [0.29, 0.717) is 18.7 Å². The van der Waals surface area contributed by atoms with Gasteiger partial charge in [0.25, 0.3) is 0 Å². The highest BCUT2D eigenvalue weighted by molar-refractivity contribution is 5.98. The number of fused-ring (bicyclic) bond motifs is 1. The van der Waals surface area contributed by atoms with Gasteiger partial charge >= 0.3 is 0 Å². The van der Waals surface area contributed by atoms with E-state index in [1.165, 1.54) is 19.3 Å². The van der Waals surface area contributed by atoms with E-state index in [1.807, 2.05) is 6.92 Å². The van der Waals surface area contributed by atoms with Crippen molar-refractivity contribution in [2.45, 2.75) is 58.2 Å². The minimum atomic E-state index is -0.165. The standard InChI is InChI=1S/C20H29FN4O/c1-12-13(2)23-19-14(10-26-11-22)8-17(21)20(18(12)19)25-7-3-4-16(9-25)24-15-5-6-15/h8,15-16,23-24H,3-7,9-11,22H2,1-2H3/t16-/m0/s1. The Morgan fingerprint density at radius 2 is 2.12 bits per heavy atom. The summed E-state index contributed by atoms with van der Waals surface area (Å²) in [6.45, 7) is 6.31. The van der Waals surface area contributed by atoms with Crippen molar-refractivity contribution in [2.24, 2.45) is 5.73 Å². The molecule has 5 nitrogen and oxygen atoms in total. The van der Waals surface area contributed by atoms with Gasteiger partial charge in [-0.3, -0.25) is 0 Å². The molecular weight excluding hydrogens is 331 g/mol.